The molecule has 0 aliphatic heterocycles. The number of benzene rings is 1. The smallest absolute Gasteiger partial charge is 0.113 e. The topological polar surface area (TPSA) is 17.8 Å². The summed E-state index contributed by atoms with van der Waals surface area (Å²) >= 11 is 0. The van der Waals surface area contributed by atoms with Crippen molar-refractivity contribution in [3.8, 4) is 11.3 Å². The van der Waals surface area contributed by atoms with E-state index in [1.807, 2.05) is 17.8 Å². The van der Waals surface area contributed by atoms with Gasteiger partial charge in [0.2, 0.25) is 0 Å². The van der Waals surface area contributed by atoms with Gasteiger partial charge in [0.15, 0.2) is 0 Å². The van der Waals surface area contributed by atoms with Crippen LogP contribution in [0.2, 0.25) is 0 Å². The molecule has 0 unspecified atom stereocenters. The molecular weight excluding hydrogens is 172 g/mol. The minimum atomic E-state index is 1.12. The van der Waals surface area contributed by atoms with Gasteiger partial charge in [-0.25, -0.2) is 0 Å². The van der Waals surface area contributed by atoms with E-state index in [2.05, 4.69) is 43.3 Å². The van der Waals surface area contributed by atoms with Gasteiger partial charge >= 0.3 is 0 Å². The Labute approximate surface area is 84.2 Å². The van der Waals surface area contributed by atoms with Crippen LogP contribution in [0.15, 0.2) is 24.3 Å². The van der Waals surface area contributed by atoms with Crippen LogP contribution in [-0.4, -0.2) is 9.78 Å². The third-order valence-electron chi connectivity index (χ3n) is 2.43. The molecule has 1 aromatic carbocycles. The minimum absolute atomic E-state index is 1.12. The van der Waals surface area contributed by atoms with Crippen molar-refractivity contribution in [1.29, 1.82) is 0 Å². The second-order valence-electron chi connectivity index (χ2n) is 3.60. The van der Waals surface area contributed by atoms with Gasteiger partial charge in [0, 0.05) is 12.6 Å². The zero-order chi connectivity index (χ0) is 10.1. The molecule has 0 amide bonds. The van der Waals surface area contributed by atoms with E-state index in [4.69, 9.17) is 0 Å². The molecule has 0 fully saturated rings. The summed E-state index contributed by atoms with van der Waals surface area (Å²) in [6.45, 7) is 4.21. The summed E-state index contributed by atoms with van der Waals surface area (Å²) in [6.07, 6.45) is 2.86. The molecule has 2 aromatic rings. The molecule has 0 saturated carbocycles. The maximum Gasteiger partial charge on any atom is 0.113 e. The van der Waals surface area contributed by atoms with E-state index in [1.165, 1.54) is 16.7 Å². The summed E-state index contributed by atoms with van der Waals surface area (Å²) in [5.41, 5.74) is 4.90. The van der Waals surface area contributed by atoms with Crippen molar-refractivity contribution in [3.63, 3.8) is 0 Å². The Balaban J connectivity index is 2.62. The Morgan fingerprint density at radius 3 is 2.71 bits per heavy atom. The van der Waals surface area contributed by atoms with Crippen molar-refractivity contribution in [2.75, 3.05) is 0 Å². The van der Waals surface area contributed by atoms with Gasteiger partial charge in [0.05, 0.1) is 5.69 Å². The molecule has 14 heavy (non-hydrogen) atoms. The standard InChI is InChI=1S/C12H13N2/c1-9-4-5-10(2)11(8-9)12-6-7-13-14(12)3/h4-6,8H,1-3H3. The minimum Gasteiger partial charge on any atom is -0.267 e. The maximum absolute atomic E-state index is 4.06. The average Bonchev–Trinajstić information content (AvgIpc) is 2.56. The molecule has 2 heteroatoms. The summed E-state index contributed by atoms with van der Waals surface area (Å²) < 4.78 is 1.85. The second kappa shape index (κ2) is 3.29. The molecule has 2 rings (SSSR count). The van der Waals surface area contributed by atoms with Crippen molar-refractivity contribution in [2.24, 2.45) is 7.05 Å². The first-order valence-electron chi connectivity index (χ1n) is 4.66. The second-order valence-corrected chi connectivity index (χ2v) is 3.60. The highest BCUT2D eigenvalue weighted by molar-refractivity contribution is 5.64. The number of rotatable bonds is 1. The zero-order valence-corrected chi connectivity index (χ0v) is 8.70. The maximum atomic E-state index is 4.06. The first kappa shape index (κ1) is 9.00. The fourth-order valence-electron chi connectivity index (χ4n) is 1.59. The van der Waals surface area contributed by atoms with Crippen molar-refractivity contribution in [2.45, 2.75) is 13.8 Å². The van der Waals surface area contributed by atoms with Gasteiger partial charge in [-0.15, -0.1) is 0 Å². The highest BCUT2D eigenvalue weighted by Crippen LogP contribution is 2.23. The number of nitrogens with zero attached hydrogens (tertiary/aromatic N) is 2. The fraction of sp³-hybridized carbons (Fsp3) is 0.250. The first-order chi connectivity index (χ1) is 6.68. The normalized spacial score (nSPS) is 10.5. The third kappa shape index (κ3) is 1.43. The van der Waals surface area contributed by atoms with E-state index in [0.717, 1.165) is 5.69 Å². The van der Waals surface area contributed by atoms with Crippen LogP contribution in [0, 0.1) is 20.0 Å². The van der Waals surface area contributed by atoms with Gasteiger partial charge < -0.3 is 0 Å². The number of aryl methyl sites for hydroxylation is 3. The monoisotopic (exact) mass is 185 g/mol. The molecule has 0 spiro atoms. The third-order valence-corrected chi connectivity index (χ3v) is 2.43. The number of hydrogen-bond donors (Lipinski definition) is 0. The van der Waals surface area contributed by atoms with E-state index >= 15 is 0 Å². The molecule has 0 aliphatic carbocycles. The van der Waals surface area contributed by atoms with Gasteiger partial charge in [0.1, 0.15) is 6.20 Å². The van der Waals surface area contributed by atoms with Crippen molar-refractivity contribution in [1.82, 2.24) is 9.78 Å². The highest BCUT2D eigenvalue weighted by atomic mass is 15.3. The molecule has 0 atom stereocenters. The van der Waals surface area contributed by atoms with Gasteiger partial charge in [0.25, 0.3) is 0 Å². The largest absolute Gasteiger partial charge is 0.267 e. The van der Waals surface area contributed by atoms with E-state index in [0.29, 0.717) is 0 Å². The molecule has 0 N–H and O–H groups in total. The fourth-order valence-corrected chi connectivity index (χ4v) is 1.59. The first-order valence-corrected chi connectivity index (χ1v) is 4.66. The molecule has 1 aromatic heterocycles. The van der Waals surface area contributed by atoms with Crippen LogP contribution >= 0.6 is 0 Å². The predicted octanol–water partition coefficient (Wildman–Crippen LogP) is 2.50. The van der Waals surface area contributed by atoms with Gasteiger partial charge in [-0.05, 0) is 31.5 Å². The van der Waals surface area contributed by atoms with E-state index < -0.39 is 0 Å². The Kier molecular flexibility index (Phi) is 2.12. The molecule has 1 radical (unpaired) electrons. The van der Waals surface area contributed by atoms with Crippen LogP contribution in [0.1, 0.15) is 11.1 Å². The Morgan fingerprint density at radius 2 is 2.07 bits per heavy atom. The summed E-state index contributed by atoms with van der Waals surface area (Å²) in [5.74, 6) is 0. The lowest BCUT2D eigenvalue weighted by Gasteiger charge is -2.06. The SMILES string of the molecule is Cc1ccc(C)c(-c2c[c]nn2C)c1. The Morgan fingerprint density at radius 1 is 1.29 bits per heavy atom. The highest BCUT2D eigenvalue weighted by Gasteiger charge is 2.05. The van der Waals surface area contributed by atoms with Crippen LogP contribution in [-0.2, 0) is 7.05 Å². The molecule has 0 saturated heterocycles. The van der Waals surface area contributed by atoms with E-state index in [-0.39, 0.29) is 0 Å². The zero-order valence-electron chi connectivity index (χ0n) is 8.70. The summed E-state index contributed by atoms with van der Waals surface area (Å²) in [4.78, 5) is 0. The molecule has 0 aliphatic rings. The van der Waals surface area contributed by atoms with Crippen molar-refractivity contribution >= 4 is 0 Å². The summed E-state index contributed by atoms with van der Waals surface area (Å²) in [5, 5.41) is 4.06. The lowest BCUT2D eigenvalue weighted by Crippen LogP contribution is -1.95. The average molecular weight is 185 g/mol. The predicted molar refractivity (Wildman–Crippen MR) is 57.0 cm³/mol. The molecule has 0 bridgehead atoms. The van der Waals surface area contributed by atoms with Crippen LogP contribution in [0.3, 0.4) is 0 Å². The Hall–Kier alpha value is -1.57. The van der Waals surface area contributed by atoms with Crippen LogP contribution in [0.25, 0.3) is 11.3 Å². The number of aromatic nitrogens is 2. The molecule has 2 nitrogen and oxygen atoms in total. The lowest BCUT2D eigenvalue weighted by molar-refractivity contribution is 0.773. The van der Waals surface area contributed by atoms with Gasteiger partial charge in [-0.3, -0.25) is 4.68 Å². The van der Waals surface area contributed by atoms with Crippen LogP contribution in [0.4, 0.5) is 0 Å². The van der Waals surface area contributed by atoms with Crippen molar-refractivity contribution in [3.05, 3.63) is 41.6 Å². The van der Waals surface area contributed by atoms with Crippen molar-refractivity contribution < 1.29 is 0 Å². The summed E-state index contributed by atoms with van der Waals surface area (Å²) in [7, 11) is 1.94. The molecule has 1 heterocycles. The van der Waals surface area contributed by atoms with E-state index in [1.54, 1.807) is 0 Å². The molecule has 71 valence electrons. The van der Waals surface area contributed by atoms with Crippen LogP contribution in [0.5, 0.6) is 0 Å². The van der Waals surface area contributed by atoms with E-state index in [9.17, 15) is 0 Å². The summed E-state index contributed by atoms with van der Waals surface area (Å²) in [6, 6.07) is 8.36. The quantitative estimate of drug-likeness (QED) is 0.667. The molecular formula is C12H13N2. The van der Waals surface area contributed by atoms with Gasteiger partial charge in [-0.2, -0.15) is 5.10 Å². The van der Waals surface area contributed by atoms with Crippen LogP contribution < -0.4 is 0 Å². The number of hydrogen-bond acceptors (Lipinski definition) is 1. The Bertz CT molecular complexity index is 455. The lowest BCUT2D eigenvalue weighted by atomic mass is 10.0. The van der Waals surface area contributed by atoms with Gasteiger partial charge in [-0.1, -0.05) is 17.7 Å².